The largest absolute Gasteiger partial charge is 0.494 e. The highest BCUT2D eigenvalue weighted by molar-refractivity contribution is 7.24. The lowest BCUT2D eigenvalue weighted by molar-refractivity contribution is -0.141. The fourth-order valence-corrected chi connectivity index (χ4v) is 13.4. The van der Waals surface area contributed by atoms with Gasteiger partial charge < -0.3 is 37.9 Å². The molecular weight excluding hydrogens is 1150 g/mol. The lowest BCUT2D eigenvalue weighted by Gasteiger charge is -2.27. The van der Waals surface area contributed by atoms with Crippen molar-refractivity contribution in [2.24, 2.45) is 11.8 Å². The zero-order chi connectivity index (χ0) is 61.5. The summed E-state index contributed by atoms with van der Waals surface area (Å²) in [5.74, 6) is -1.01. The highest BCUT2D eigenvalue weighted by atomic mass is 32.1. The third-order valence-electron chi connectivity index (χ3n) is 16.1. The molecule has 0 unspecified atom stereocenters. The van der Waals surface area contributed by atoms with E-state index in [1.54, 1.807) is 48.5 Å². The van der Waals surface area contributed by atoms with E-state index in [1.165, 1.54) is 34.8 Å². The monoisotopic (exact) mass is 1230 g/mol. The van der Waals surface area contributed by atoms with Crippen molar-refractivity contribution in [3.8, 4) is 43.9 Å². The number of rotatable bonds is 32. The van der Waals surface area contributed by atoms with Crippen LogP contribution >= 0.6 is 22.7 Å². The number of thiophene rings is 2. The molecule has 0 aliphatic heterocycles. The second kappa shape index (κ2) is 33.3. The Bertz CT molecular complexity index is 3160. The van der Waals surface area contributed by atoms with Gasteiger partial charge in [-0.25, -0.2) is 19.2 Å². The average molecular weight is 1230 g/mol. The summed E-state index contributed by atoms with van der Waals surface area (Å²) in [6.07, 6.45) is 17.4. The van der Waals surface area contributed by atoms with Gasteiger partial charge in [-0.3, -0.25) is 9.59 Å². The van der Waals surface area contributed by atoms with E-state index in [0.29, 0.717) is 132 Å². The lowest BCUT2D eigenvalue weighted by Crippen LogP contribution is -2.30. The second-order valence-electron chi connectivity index (χ2n) is 22.4. The van der Waals surface area contributed by atoms with Crippen LogP contribution in [0.5, 0.6) is 23.0 Å². The van der Waals surface area contributed by atoms with Gasteiger partial charge in [0.2, 0.25) is 0 Å². The van der Waals surface area contributed by atoms with Crippen LogP contribution in [0.15, 0.2) is 147 Å². The van der Waals surface area contributed by atoms with E-state index in [9.17, 15) is 28.8 Å². The lowest BCUT2D eigenvalue weighted by atomic mass is 9.87. The van der Waals surface area contributed by atoms with E-state index in [1.807, 2.05) is 72.8 Å². The van der Waals surface area contributed by atoms with Crippen molar-refractivity contribution in [3.63, 3.8) is 0 Å². The quantitative estimate of drug-likeness (QED) is 0.0128. The molecule has 14 nitrogen and oxygen atoms in total. The summed E-state index contributed by atoms with van der Waals surface area (Å²) >= 11 is 2.97. The van der Waals surface area contributed by atoms with Gasteiger partial charge in [-0.15, -0.1) is 22.7 Å². The molecule has 2 aromatic heterocycles. The maximum Gasteiger partial charge on any atom is 0.338 e. The minimum Gasteiger partial charge on any atom is -0.494 e. The van der Waals surface area contributed by atoms with Gasteiger partial charge in [0.05, 0.1) is 58.8 Å². The molecule has 16 heteroatoms. The predicted molar refractivity (Wildman–Crippen MR) is 343 cm³/mol. The number of carbonyl (C=O) groups excluding carboxylic acids is 6. The van der Waals surface area contributed by atoms with Gasteiger partial charge in [0, 0.05) is 32.7 Å². The average Bonchev–Trinajstić information content (AvgIpc) is 1.64. The zero-order valence-electron chi connectivity index (χ0n) is 49.9. The minimum atomic E-state index is -0.434. The zero-order valence-corrected chi connectivity index (χ0v) is 51.6. The maximum absolute atomic E-state index is 14.5. The van der Waals surface area contributed by atoms with E-state index in [-0.39, 0.29) is 36.1 Å². The first-order chi connectivity index (χ1) is 43.0. The van der Waals surface area contributed by atoms with Gasteiger partial charge in [-0.1, -0.05) is 125 Å². The van der Waals surface area contributed by atoms with Gasteiger partial charge in [0.15, 0.2) is 11.5 Å². The van der Waals surface area contributed by atoms with E-state index >= 15 is 0 Å². The first-order valence-corrected chi connectivity index (χ1v) is 32.7. The number of carbonyl (C=O) groups is 6. The van der Waals surface area contributed by atoms with Crippen LogP contribution in [0.4, 0.5) is 0 Å². The molecule has 0 N–H and O–H groups in total. The van der Waals surface area contributed by atoms with Gasteiger partial charge >= 0.3 is 35.8 Å². The summed E-state index contributed by atoms with van der Waals surface area (Å²) in [4.78, 5) is 79.8. The molecule has 2 saturated carbocycles. The van der Waals surface area contributed by atoms with Crippen LogP contribution in [0.3, 0.4) is 0 Å². The topological polar surface area (TPSA) is 176 Å². The fourth-order valence-electron chi connectivity index (χ4n) is 11.1. The summed E-state index contributed by atoms with van der Waals surface area (Å²) < 4.78 is 48.4. The molecule has 2 fully saturated rings. The number of hydrogen-bond donors (Lipinski definition) is 0. The molecule has 2 heterocycles. The molecule has 0 saturated heterocycles. The van der Waals surface area contributed by atoms with Crippen LogP contribution in [0.25, 0.3) is 41.1 Å². The molecule has 5 aromatic carbocycles. The molecule has 7 aromatic rings. The van der Waals surface area contributed by atoms with Crippen LogP contribution in [-0.2, 0) is 38.1 Å². The molecule has 462 valence electrons. The summed E-state index contributed by atoms with van der Waals surface area (Å²) in [7, 11) is 0. The molecule has 0 bridgehead atoms. The highest BCUT2D eigenvalue weighted by Crippen LogP contribution is 2.53. The molecular formula is C72H78O14S2. The van der Waals surface area contributed by atoms with Crippen molar-refractivity contribution in [3.05, 3.63) is 158 Å². The Kier molecular flexibility index (Phi) is 24.4. The van der Waals surface area contributed by atoms with E-state index in [4.69, 9.17) is 37.9 Å². The number of benzene rings is 5. The van der Waals surface area contributed by atoms with Gasteiger partial charge in [0.1, 0.15) is 23.7 Å². The number of unbranched alkanes of at least 4 members (excludes halogenated alkanes) is 10. The van der Waals surface area contributed by atoms with Crippen molar-refractivity contribution >= 4 is 78.7 Å². The number of esters is 6. The predicted octanol–water partition coefficient (Wildman–Crippen LogP) is 17.0. The van der Waals surface area contributed by atoms with Crippen LogP contribution in [0, 0.1) is 11.8 Å². The second-order valence-corrected chi connectivity index (χ2v) is 24.5. The van der Waals surface area contributed by atoms with Gasteiger partial charge in [-0.05, 0) is 149 Å². The van der Waals surface area contributed by atoms with Crippen molar-refractivity contribution in [2.45, 2.75) is 141 Å². The van der Waals surface area contributed by atoms with Crippen LogP contribution in [0.1, 0.15) is 149 Å². The molecule has 0 radical (unpaired) electrons. The molecule has 0 atom stereocenters. The summed E-state index contributed by atoms with van der Waals surface area (Å²) in [5.41, 5.74) is 2.79. The normalized spacial score (nSPS) is 16.5. The number of fused-ring (bicyclic) bond motifs is 2. The smallest absolute Gasteiger partial charge is 0.338 e. The molecule has 9 rings (SSSR count). The van der Waals surface area contributed by atoms with Crippen molar-refractivity contribution in [2.75, 3.05) is 26.4 Å². The Hall–Kier alpha value is -8.08. The Morgan fingerprint density at radius 2 is 0.761 bits per heavy atom. The summed E-state index contributed by atoms with van der Waals surface area (Å²) in [5, 5.41) is 1.34. The molecule has 2 aliphatic carbocycles. The standard InChI is InChI=1S/C72H78O14S2/c1-3-63(73)81-45-21-11-7-5-9-19-43-79-55-35-27-51(28-36-55)69(75)83-57-39-31-53(32-40-57)71(77)85-65-59-47-61(49-23-15-13-16-24-49)88-68(59)66(60-48-62(87-67(60)65)50-25-17-14-18-26-50)86-72(78)54-33-41-58(42-34-54)84-70(76)52-29-37-56(38-30-52)80-44-20-10-6-8-12-22-46-82-64(74)4-2/h3-4,13-18,23-30,35-38,47-48,53-54,57-58H,1-2,5-12,19-22,31-34,39-46H2. The van der Waals surface area contributed by atoms with Crippen molar-refractivity contribution in [1.29, 1.82) is 0 Å². The SMILES string of the molecule is C=CC(=O)OCCCCCCCCOc1ccc(C(=O)OC2CCC(C(=O)Oc3c4cc(-c5ccccc5)sc4c(OC(=O)C4CCC(OC(=O)c5ccc(OCCCCCCCCOC(=O)C=C)cc5)CC4)c4cc(-c5ccccc5)sc34)CC2)cc1. The van der Waals surface area contributed by atoms with Gasteiger partial charge in [0.25, 0.3) is 0 Å². The highest BCUT2D eigenvalue weighted by Gasteiger charge is 2.34. The first kappa shape index (κ1) is 64.4. The third-order valence-corrected chi connectivity index (χ3v) is 18.4. The molecule has 0 amide bonds. The molecule has 88 heavy (non-hydrogen) atoms. The number of hydrogen-bond acceptors (Lipinski definition) is 16. The Morgan fingerprint density at radius 3 is 1.11 bits per heavy atom. The van der Waals surface area contributed by atoms with Crippen molar-refractivity contribution in [1.82, 2.24) is 0 Å². The van der Waals surface area contributed by atoms with Crippen LogP contribution < -0.4 is 18.9 Å². The van der Waals surface area contributed by atoms with E-state index in [2.05, 4.69) is 13.2 Å². The van der Waals surface area contributed by atoms with Crippen LogP contribution in [0.2, 0.25) is 0 Å². The minimum absolute atomic E-state index is 0.355. The van der Waals surface area contributed by atoms with Crippen molar-refractivity contribution < 1.29 is 66.7 Å². The Labute approximate surface area is 523 Å². The van der Waals surface area contributed by atoms with E-state index < -0.39 is 23.8 Å². The molecule has 2 aliphatic rings. The number of ether oxygens (including phenoxy) is 8. The van der Waals surface area contributed by atoms with Crippen LogP contribution in [-0.4, -0.2) is 74.5 Å². The third kappa shape index (κ3) is 18.5. The van der Waals surface area contributed by atoms with Gasteiger partial charge in [-0.2, -0.15) is 0 Å². The first-order valence-electron chi connectivity index (χ1n) is 31.1. The molecule has 0 spiro atoms. The maximum atomic E-state index is 14.5. The summed E-state index contributed by atoms with van der Waals surface area (Å²) in [6.45, 7) is 8.78. The Morgan fingerprint density at radius 1 is 0.420 bits per heavy atom. The Balaban J connectivity index is 0.789. The van der Waals surface area contributed by atoms with E-state index in [0.717, 1.165) is 97.9 Å². The summed E-state index contributed by atoms with van der Waals surface area (Å²) in [6, 6.07) is 37.9. The fraction of sp³-hybridized carbons (Fsp3) is 0.389.